The van der Waals surface area contributed by atoms with Crippen LogP contribution in [0.3, 0.4) is 0 Å². The number of nitrogens with one attached hydrogen (secondary N) is 1. The maximum Gasteiger partial charge on any atom is 0.330 e. The largest absolute Gasteiger partial charge is 0.467 e. The molecule has 0 aliphatic carbocycles. The van der Waals surface area contributed by atoms with Crippen molar-refractivity contribution in [2.24, 2.45) is 0 Å². The molecule has 1 atom stereocenters. The fraction of sp³-hybridized carbons (Fsp3) is 0.375. The summed E-state index contributed by atoms with van der Waals surface area (Å²) in [5, 5.41) is 11.6. The number of anilines is 1. The Kier molecular flexibility index (Phi) is 3.81. The summed E-state index contributed by atoms with van der Waals surface area (Å²) in [6, 6.07) is -0.809. The van der Waals surface area contributed by atoms with Gasteiger partial charge in [-0.1, -0.05) is 0 Å². The van der Waals surface area contributed by atoms with E-state index in [0.717, 1.165) is 0 Å². The van der Waals surface area contributed by atoms with Crippen LogP contribution in [-0.2, 0) is 9.53 Å². The highest BCUT2D eigenvalue weighted by Crippen LogP contribution is 2.01. The van der Waals surface area contributed by atoms with Crippen LogP contribution in [0.15, 0.2) is 18.6 Å². The molecule has 1 heterocycles. The number of nitrogens with zero attached hydrogens (tertiary/aromatic N) is 2. The van der Waals surface area contributed by atoms with Gasteiger partial charge in [0.1, 0.15) is 11.9 Å². The highest BCUT2D eigenvalue weighted by atomic mass is 16.5. The van der Waals surface area contributed by atoms with E-state index in [-0.39, 0.29) is 6.61 Å². The molecule has 0 aromatic carbocycles. The fourth-order valence-electron chi connectivity index (χ4n) is 0.874. The van der Waals surface area contributed by atoms with E-state index < -0.39 is 12.0 Å². The number of carbonyl (C=O) groups excluding carboxylic acids is 1. The van der Waals surface area contributed by atoms with Gasteiger partial charge in [0, 0.05) is 12.4 Å². The summed E-state index contributed by atoms with van der Waals surface area (Å²) in [6.07, 6.45) is 4.44. The Morgan fingerprint density at radius 3 is 3.00 bits per heavy atom. The number of carbonyl (C=O) groups is 1. The highest BCUT2D eigenvalue weighted by molar-refractivity contribution is 5.78. The van der Waals surface area contributed by atoms with Gasteiger partial charge in [-0.3, -0.25) is 4.98 Å². The summed E-state index contributed by atoms with van der Waals surface area (Å²) in [5.74, 6) is -0.130. The molecule has 1 aromatic heterocycles. The fourth-order valence-corrected chi connectivity index (χ4v) is 0.874. The molecule has 0 saturated heterocycles. The average Bonchev–Trinajstić information content (AvgIpc) is 2.26. The predicted octanol–water partition coefficient (Wildman–Crippen LogP) is -0.578. The highest BCUT2D eigenvalue weighted by Gasteiger charge is 2.17. The number of aliphatic hydroxyl groups is 1. The lowest BCUT2D eigenvalue weighted by Crippen LogP contribution is -2.34. The van der Waals surface area contributed by atoms with Crippen LogP contribution in [0.1, 0.15) is 0 Å². The lowest BCUT2D eigenvalue weighted by Gasteiger charge is -2.13. The lowest BCUT2D eigenvalue weighted by molar-refractivity contribution is -0.142. The van der Waals surface area contributed by atoms with Crippen LogP contribution in [0.5, 0.6) is 0 Å². The number of rotatable bonds is 4. The van der Waals surface area contributed by atoms with Gasteiger partial charge in [0.05, 0.1) is 19.9 Å². The molecule has 0 spiro atoms. The summed E-state index contributed by atoms with van der Waals surface area (Å²) in [5.41, 5.74) is 0. The van der Waals surface area contributed by atoms with Crippen LogP contribution >= 0.6 is 0 Å². The van der Waals surface area contributed by atoms with E-state index in [9.17, 15) is 4.79 Å². The predicted molar refractivity (Wildman–Crippen MR) is 48.5 cm³/mol. The van der Waals surface area contributed by atoms with Crippen LogP contribution in [-0.4, -0.2) is 40.8 Å². The molecule has 0 aliphatic rings. The molecule has 1 aromatic rings. The molecule has 6 nitrogen and oxygen atoms in total. The monoisotopic (exact) mass is 197 g/mol. The number of hydrogen-bond donors (Lipinski definition) is 2. The van der Waals surface area contributed by atoms with Crippen LogP contribution in [0.4, 0.5) is 5.82 Å². The minimum atomic E-state index is -0.809. The van der Waals surface area contributed by atoms with Crippen molar-refractivity contribution < 1.29 is 14.6 Å². The van der Waals surface area contributed by atoms with Crippen molar-refractivity contribution in [1.29, 1.82) is 0 Å². The minimum Gasteiger partial charge on any atom is -0.467 e. The van der Waals surface area contributed by atoms with Gasteiger partial charge >= 0.3 is 5.97 Å². The van der Waals surface area contributed by atoms with E-state index >= 15 is 0 Å². The Morgan fingerprint density at radius 2 is 2.50 bits per heavy atom. The number of hydrogen-bond acceptors (Lipinski definition) is 6. The van der Waals surface area contributed by atoms with Gasteiger partial charge in [-0.15, -0.1) is 0 Å². The molecule has 0 amide bonds. The van der Waals surface area contributed by atoms with Crippen molar-refractivity contribution >= 4 is 11.8 Å². The number of ether oxygens (including phenoxy) is 1. The van der Waals surface area contributed by atoms with Crippen LogP contribution in [0, 0.1) is 0 Å². The summed E-state index contributed by atoms with van der Waals surface area (Å²) in [6.45, 7) is -0.358. The molecule has 0 fully saturated rings. The van der Waals surface area contributed by atoms with Gasteiger partial charge in [0.2, 0.25) is 0 Å². The Bertz CT molecular complexity index is 291. The molecule has 0 saturated carbocycles. The quantitative estimate of drug-likeness (QED) is 0.628. The molecule has 0 bridgehead atoms. The summed E-state index contributed by atoms with van der Waals surface area (Å²) in [7, 11) is 1.25. The molecule has 1 unspecified atom stereocenters. The second-order valence-corrected chi connectivity index (χ2v) is 2.49. The molecule has 1 rings (SSSR count). The zero-order valence-corrected chi connectivity index (χ0v) is 7.67. The first-order valence-corrected chi connectivity index (χ1v) is 3.99. The Hall–Kier alpha value is -1.69. The number of aliphatic hydroxyl groups excluding tert-OH is 1. The lowest BCUT2D eigenvalue weighted by atomic mass is 10.3. The average molecular weight is 197 g/mol. The van der Waals surface area contributed by atoms with Crippen molar-refractivity contribution in [3.8, 4) is 0 Å². The molecular formula is C8H11N3O3. The van der Waals surface area contributed by atoms with Crippen molar-refractivity contribution in [3.63, 3.8) is 0 Å². The van der Waals surface area contributed by atoms with E-state index in [1.54, 1.807) is 0 Å². The van der Waals surface area contributed by atoms with Gasteiger partial charge in [0.25, 0.3) is 0 Å². The summed E-state index contributed by atoms with van der Waals surface area (Å²) >= 11 is 0. The minimum absolute atomic E-state index is 0.358. The zero-order valence-electron chi connectivity index (χ0n) is 7.67. The molecule has 14 heavy (non-hydrogen) atoms. The van der Waals surface area contributed by atoms with E-state index in [1.165, 1.54) is 25.7 Å². The van der Waals surface area contributed by atoms with Crippen molar-refractivity contribution in [2.45, 2.75) is 6.04 Å². The number of methoxy groups -OCH3 is 1. The number of aromatic nitrogens is 2. The maximum absolute atomic E-state index is 11.1. The molecular weight excluding hydrogens is 186 g/mol. The van der Waals surface area contributed by atoms with Crippen molar-refractivity contribution in [1.82, 2.24) is 9.97 Å². The summed E-state index contributed by atoms with van der Waals surface area (Å²) in [4.78, 5) is 18.7. The van der Waals surface area contributed by atoms with E-state index in [0.29, 0.717) is 5.82 Å². The first kappa shape index (κ1) is 10.4. The maximum atomic E-state index is 11.1. The third-order valence-electron chi connectivity index (χ3n) is 1.55. The zero-order chi connectivity index (χ0) is 10.4. The Labute approximate surface area is 80.9 Å². The smallest absolute Gasteiger partial charge is 0.330 e. The van der Waals surface area contributed by atoms with Gasteiger partial charge < -0.3 is 15.2 Å². The second-order valence-electron chi connectivity index (χ2n) is 2.49. The van der Waals surface area contributed by atoms with Gasteiger partial charge in [-0.25, -0.2) is 9.78 Å². The SMILES string of the molecule is COC(=O)C(CO)Nc1cnccn1. The topological polar surface area (TPSA) is 84.3 Å². The van der Waals surface area contributed by atoms with Crippen molar-refractivity contribution in [3.05, 3.63) is 18.6 Å². The van der Waals surface area contributed by atoms with Gasteiger partial charge in [0.15, 0.2) is 0 Å². The van der Waals surface area contributed by atoms with Crippen LogP contribution < -0.4 is 5.32 Å². The van der Waals surface area contributed by atoms with Crippen molar-refractivity contribution in [2.75, 3.05) is 19.0 Å². The molecule has 2 N–H and O–H groups in total. The molecule has 76 valence electrons. The molecule has 0 aliphatic heterocycles. The summed E-state index contributed by atoms with van der Waals surface area (Å²) < 4.78 is 4.47. The normalized spacial score (nSPS) is 11.9. The van der Waals surface area contributed by atoms with E-state index in [2.05, 4.69) is 20.0 Å². The third kappa shape index (κ3) is 2.67. The van der Waals surface area contributed by atoms with E-state index in [1.807, 2.05) is 0 Å². The third-order valence-corrected chi connectivity index (χ3v) is 1.55. The van der Waals surface area contributed by atoms with E-state index in [4.69, 9.17) is 5.11 Å². The molecule has 0 radical (unpaired) electrons. The Morgan fingerprint density at radius 1 is 1.71 bits per heavy atom. The second kappa shape index (κ2) is 5.13. The van der Waals surface area contributed by atoms with Crippen LogP contribution in [0.2, 0.25) is 0 Å². The first-order chi connectivity index (χ1) is 6.77. The molecule has 6 heteroatoms. The van der Waals surface area contributed by atoms with Crippen LogP contribution in [0.25, 0.3) is 0 Å². The number of esters is 1. The standard InChI is InChI=1S/C8H11N3O3/c1-14-8(13)6(5-12)11-7-4-9-2-3-10-7/h2-4,6,12H,5H2,1H3,(H,10,11). The van der Waals surface area contributed by atoms with Gasteiger partial charge in [-0.05, 0) is 0 Å². The van der Waals surface area contributed by atoms with Gasteiger partial charge in [-0.2, -0.15) is 0 Å². The Balaban J connectivity index is 2.62. The first-order valence-electron chi connectivity index (χ1n) is 3.99.